The molecule has 1 amide bonds. The number of methoxy groups -OCH3 is 1. The first kappa shape index (κ1) is 15.8. The van der Waals surface area contributed by atoms with Gasteiger partial charge in [0.15, 0.2) is 0 Å². The van der Waals surface area contributed by atoms with Gasteiger partial charge in [-0.15, -0.1) is 0 Å². The van der Waals surface area contributed by atoms with Gasteiger partial charge in [0.1, 0.15) is 5.75 Å². The van der Waals surface area contributed by atoms with Crippen LogP contribution >= 0.6 is 11.6 Å². The van der Waals surface area contributed by atoms with Gasteiger partial charge in [-0.25, -0.2) is 0 Å². The van der Waals surface area contributed by atoms with Crippen LogP contribution in [0.3, 0.4) is 0 Å². The molecule has 1 aliphatic rings. The highest BCUT2D eigenvalue weighted by Gasteiger charge is 2.20. The fraction of sp³-hybridized carbons (Fsp3) is 0.278. The van der Waals surface area contributed by atoms with Crippen molar-refractivity contribution in [1.29, 1.82) is 0 Å². The van der Waals surface area contributed by atoms with Crippen molar-refractivity contribution in [2.75, 3.05) is 20.2 Å². The molecule has 0 radical (unpaired) electrons. The SMILES string of the molecule is COc1cc(C(=O)NCC2NCCc3ccccc32)ccc1Cl. The van der Waals surface area contributed by atoms with Crippen molar-refractivity contribution >= 4 is 17.5 Å². The maximum atomic E-state index is 12.3. The number of hydrogen-bond acceptors (Lipinski definition) is 3. The van der Waals surface area contributed by atoms with Crippen LogP contribution in [0.2, 0.25) is 5.02 Å². The molecule has 3 rings (SSSR count). The van der Waals surface area contributed by atoms with Gasteiger partial charge < -0.3 is 15.4 Å². The number of halogens is 1. The van der Waals surface area contributed by atoms with Gasteiger partial charge in [0.2, 0.25) is 0 Å². The van der Waals surface area contributed by atoms with Crippen LogP contribution in [0.25, 0.3) is 0 Å². The minimum atomic E-state index is -0.134. The number of hydrogen-bond donors (Lipinski definition) is 2. The van der Waals surface area contributed by atoms with Crippen molar-refractivity contribution in [1.82, 2.24) is 10.6 Å². The lowest BCUT2D eigenvalue weighted by molar-refractivity contribution is 0.0949. The largest absolute Gasteiger partial charge is 0.495 e. The Kier molecular flexibility index (Phi) is 4.84. The molecule has 2 aromatic carbocycles. The lowest BCUT2D eigenvalue weighted by Crippen LogP contribution is -2.38. The van der Waals surface area contributed by atoms with Crippen LogP contribution in [0.1, 0.15) is 27.5 Å². The molecular weight excluding hydrogens is 312 g/mol. The van der Waals surface area contributed by atoms with Crippen molar-refractivity contribution in [3.8, 4) is 5.75 Å². The normalized spacial score (nSPS) is 16.5. The monoisotopic (exact) mass is 330 g/mol. The fourth-order valence-electron chi connectivity index (χ4n) is 2.87. The number of fused-ring (bicyclic) bond motifs is 1. The van der Waals surface area contributed by atoms with Crippen LogP contribution in [0, 0.1) is 0 Å². The molecule has 1 aliphatic heterocycles. The molecular formula is C18H19ClN2O2. The van der Waals surface area contributed by atoms with Gasteiger partial charge in [0.05, 0.1) is 12.1 Å². The average molecular weight is 331 g/mol. The summed E-state index contributed by atoms with van der Waals surface area (Å²) in [7, 11) is 1.53. The van der Waals surface area contributed by atoms with Crippen LogP contribution in [-0.2, 0) is 6.42 Å². The summed E-state index contributed by atoms with van der Waals surface area (Å²) in [6, 6.07) is 13.5. The molecule has 120 valence electrons. The Labute approximate surface area is 140 Å². The summed E-state index contributed by atoms with van der Waals surface area (Å²) in [5, 5.41) is 6.93. The van der Waals surface area contributed by atoms with E-state index in [-0.39, 0.29) is 11.9 Å². The van der Waals surface area contributed by atoms with Crippen LogP contribution < -0.4 is 15.4 Å². The third-order valence-electron chi connectivity index (χ3n) is 4.10. The minimum absolute atomic E-state index is 0.134. The molecule has 1 unspecified atom stereocenters. The molecule has 23 heavy (non-hydrogen) atoms. The number of carbonyl (C=O) groups is 1. The highest BCUT2D eigenvalue weighted by molar-refractivity contribution is 6.32. The first-order valence-corrected chi connectivity index (χ1v) is 8.00. The molecule has 0 saturated heterocycles. The Morgan fingerprint density at radius 2 is 2.17 bits per heavy atom. The van der Waals surface area contributed by atoms with Crippen molar-refractivity contribution in [2.45, 2.75) is 12.5 Å². The quantitative estimate of drug-likeness (QED) is 0.906. The summed E-state index contributed by atoms with van der Waals surface area (Å²) in [5.41, 5.74) is 3.14. The van der Waals surface area contributed by atoms with E-state index in [1.54, 1.807) is 18.2 Å². The molecule has 5 heteroatoms. The van der Waals surface area contributed by atoms with Gasteiger partial charge in [-0.1, -0.05) is 35.9 Å². The number of carbonyl (C=O) groups excluding carboxylic acids is 1. The summed E-state index contributed by atoms with van der Waals surface area (Å²) in [5.74, 6) is 0.366. The Bertz CT molecular complexity index is 718. The van der Waals surface area contributed by atoms with Crippen LogP contribution in [0.4, 0.5) is 0 Å². The smallest absolute Gasteiger partial charge is 0.251 e. The predicted molar refractivity (Wildman–Crippen MR) is 91.2 cm³/mol. The van der Waals surface area contributed by atoms with Crippen molar-refractivity contribution in [3.05, 3.63) is 64.2 Å². The number of rotatable bonds is 4. The fourth-order valence-corrected chi connectivity index (χ4v) is 3.07. The second-order valence-electron chi connectivity index (χ2n) is 5.51. The van der Waals surface area contributed by atoms with E-state index < -0.39 is 0 Å². The maximum Gasteiger partial charge on any atom is 0.251 e. The van der Waals surface area contributed by atoms with E-state index in [1.807, 2.05) is 6.07 Å². The molecule has 0 bridgehead atoms. The van der Waals surface area contributed by atoms with Crippen LogP contribution in [-0.4, -0.2) is 26.1 Å². The lowest BCUT2D eigenvalue weighted by atomic mass is 9.94. The molecule has 0 fully saturated rings. The highest BCUT2D eigenvalue weighted by atomic mass is 35.5. The van der Waals surface area contributed by atoms with E-state index >= 15 is 0 Å². The summed E-state index contributed by atoms with van der Waals surface area (Å²) < 4.78 is 5.15. The Balaban J connectivity index is 1.68. The van der Waals surface area contributed by atoms with E-state index in [0.29, 0.717) is 22.9 Å². The van der Waals surface area contributed by atoms with Crippen molar-refractivity contribution < 1.29 is 9.53 Å². The zero-order chi connectivity index (χ0) is 16.2. The van der Waals surface area contributed by atoms with E-state index in [1.165, 1.54) is 18.2 Å². The lowest BCUT2D eigenvalue weighted by Gasteiger charge is -2.27. The Morgan fingerprint density at radius 1 is 1.35 bits per heavy atom. The van der Waals surface area contributed by atoms with Crippen LogP contribution in [0.5, 0.6) is 5.75 Å². The van der Waals surface area contributed by atoms with Crippen LogP contribution in [0.15, 0.2) is 42.5 Å². The molecule has 0 spiro atoms. The van der Waals surface area contributed by atoms with E-state index in [9.17, 15) is 4.79 Å². The first-order valence-electron chi connectivity index (χ1n) is 7.62. The van der Waals surface area contributed by atoms with Crippen molar-refractivity contribution in [3.63, 3.8) is 0 Å². The van der Waals surface area contributed by atoms with Gasteiger partial charge in [0.25, 0.3) is 5.91 Å². The summed E-state index contributed by atoms with van der Waals surface area (Å²) in [4.78, 5) is 12.3. The molecule has 0 saturated carbocycles. The molecule has 1 atom stereocenters. The predicted octanol–water partition coefficient (Wildman–Crippen LogP) is 2.97. The van der Waals surface area contributed by atoms with Gasteiger partial charge in [-0.3, -0.25) is 4.79 Å². The van der Waals surface area contributed by atoms with E-state index in [4.69, 9.17) is 16.3 Å². The zero-order valence-corrected chi connectivity index (χ0v) is 13.7. The van der Waals surface area contributed by atoms with Crippen molar-refractivity contribution in [2.24, 2.45) is 0 Å². The molecule has 0 aromatic heterocycles. The van der Waals surface area contributed by atoms with E-state index in [2.05, 4.69) is 28.8 Å². The molecule has 4 nitrogen and oxygen atoms in total. The number of benzene rings is 2. The standard InChI is InChI=1S/C18H19ClN2O2/c1-23-17-10-13(6-7-15(17)19)18(22)21-11-16-14-5-3-2-4-12(14)8-9-20-16/h2-7,10,16,20H,8-9,11H2,1H3,(H,21,22). The molecule has 2 aromatic rings. The topological polar surface area (TPSA) is 50.4 Å². The van der Waals surface area contributed by atoms with Gasteiger partial charge >= 0.3 is 0 Å². The zero-order valence-electron chi connectivity index (χ0n) is 12.9. The second-order valence-corrected chi connectivity index (χ2v) is 5.92. The third-order valence-corrected chi connectivity index (χ3v) is 4.41. The number of ether oxygens (including phenoxy) is 1. The first-order chi connectivity index (χ1) is 11.2. The second kappa shape index (κ2) is 7.02. The number of amides is 1. The molecule has 2 N–H and O–H groups in total. The van der Waals surface area contributed by atoms with Gasteiger partial charge in [-0.2, -0.15) is 0 Å². The summed E-state index contributed by atoms with van der Waals surface area (Å²) in [6.07, 6.45) is 1.02. The third kappa shape index (κ3) is 3.49. The van der Waals surface area contributed by atoms with Gasteiger partial charge in [-0.05, 0) is 42.3 Å². The molecule has 0 aliphatic carbocycles. The van der Waals surface area contributed by atoms with E-state index in [0.717, 1.165) is 13.0 Å². The number of nitrogens with one attached hydrogen (secondary N) is 2. The highest BCUT2D eigenvalue weighted by Crippen LogP contribution is 2.25. The maximum absolute atomic E-state index is 12.3. The Morgan fingerprint density at radius 3 is 3.00 bits per heavy atom. The summed E-state index contributed by atoms with van der Waals surface area (Å²) in [6.45, 7) is 1.47. The Hall–Kier alpha value is -2.04. The molecule has 1 heterocycles. The van der Waals surface area contributed by atoms with Gasteiger partial charge in [0, 0.05) is 18.2 Å². The average Bonchev–Trinajstić information content (AvgIpc) is 2.60. The summed E-state index contributed by atoms with van der Waals surface area (Å²) >= 11 is 5.99. The minimum Gasteiger partial charge on any atom is -0.495 e.